The number of sulfonamides is 1. The maximum Gasteiger partial charge on any atom is 0.254 e. The lowest BCUT2D eigenvalue weighted by Crippen LogP contribution is -2.37. The van der Waals surface area contributed by atoms with Crippen LogP contribution in [0.5, 0.6) is 0 Å². The molecule has 9 heteroatoms. The number of nitrogens with zero attached hydrogens (tertiary/aromatic N) is 5. The molecule has 4 heterocycles. The average Bonchev–Trinajstić information content (AvgIpc) is 3.29. The zero-order chi connectivity index (χ0) is 18.3. The van der Waals surface area contributed by atoms with E-state index >= 15 is 0 Å². The molecule has 1 saturated heterocycles. The molecular weight excluding hydrogens is 370 g/mol. The fourth-order valence-electron chi connectivity index (χ4n) is 3.58. The Morgan fingerprint density at radius 1 is 1.27 bits per heavy atom. The average molecular weight is 392 g/mol. The quantitative estimate of drug-likeness (QED) is 0.683. The lowest BCUT2D eigenvalue weighted by molar-refractivity contribution is 0.319. The normalized spacial score (nSPS) is 17.2. The van der Waals surface area contributed by atoms with Crippen molar-refractivity contribution in [1.82, 2.24) is 23.9 Å². The summed E-state index contributed by atoms with van der Waals surface area (Å²) in [5.74, 6) is 0.341. The fourth-order valence-corrected chi connectivity index (χ4v) is 6.32. The van der Waals surface area contributed by atoms with Gasteiger partial charge in [0.2, 0.25) is 0 Å². The summed E-state index contributed by atoms with van der Waals surface area (Å²) >= 11 is 1.23. The first-order valence-corrected chi connectivity index (χ1v) is 11.0. The predicted molar refractivity (Wildman–Crippen MR) is 99.9 cm³/mol. The monoisotopic (exact) mass is 391 g/mol. The summed E-state index contributed by atoms with van der Waals surface area (Å²) in [5.41, 5.74) is 3.38. The number of piperidine rings is 1. The molecular formula is C17H21N5O2S2. The van der Waals surface area contributed by atoms with Gasteiger partial charge in [-0.1, -0.05) is 6.92 Å². The second kappa shape index (κ2) is 6.71. The molecule has 0 saturated carbocycles. The van der Waals surface area contributed by atoms with Gasteiger partial charge in [0.1, 0.15) is 6.33 Å². The van der Waals surface area contributed by atoms with Crippen molar-refractivity contribution in [2.45, 2.75) is 43.2 Å². The molecule has 0 radical (unpaired) electrons. The number of thiazole rings is 1. The molecule has 3 aromatic heterocycles. The van der Waals surface area contributed by atoms with Crippen molar-refractivity contribution in [2.75, 3.05) is 13.1 Å². The van der Waals surface area contributed by atoms with E-state index in [0.29, 0.717) is 23.2 Å². The van der Waals surface area contributed by atoms with Crippen LogP contribution in [0.2, 0.25) is 0 Å². The number of aromatic nitrogens is 4. The highest BCUT2D eigenvalue weighted by atomic mass is 32.2. The van der Waals surface area contributed by atoms with E-state index in [9.17, 15) is 8.42 Å². The van der Waals surface area contributed by atoms with E-state index in [0.717, 1.165) is 29.9 Å². The standard InChI is InChI=1S/C17H21N5O2S2/c1-3-13-8-16-19-11-20-22(16)10-15(13)14-4-6-21(7-5-14)26(23,24)17-9-18-12(2)25-17/h8-11,14H,3-7H2,1-2H3. The van der Waals surface area contributed by atoms with Gasteiger partial charge >= 0.3 is 0 Å². The van der Waals surface area contributed by atoms with Crippen molar-refractivity contribution < 1.29 is 8.42 Å². The minimum atomic E-state index is -3.43. The first-order valence-electron chi connectivity index (χ1n) is 8.73. The molecule has 138 valence electrons. The van der Waals surface area contributed by atoms with E-state index < -0.39 is 10.0 Å². The highest BCUT2D eigenvalue weighted by Gasteiger charge is 2.32. The van der Waals surface area contributed by atoms with Crippen molar-refractivity contribution in [3.8, 4) is 0 Å². The van der Waals surface area contributed by atoms with E-state index in [4.69, 9.17) is 0 Å². The smallest absolute Gasteiger partial charge is 0.249 e. The van der Waals surface area contributed by atoms with Crippen molar-refractivity contribution in [3.05, 3.63) is 40.9 Å². The number of hydrogen-bond acceptors (Lipinski definition) is 6. The number of rotatable bonds is 4. The highest BCUT2D eigenvalue weighted by molar-refractivity contribution is 7.91. The number of hydrogen-bond donors (Lipinski definition) is 0. The van der Waals surface area contributed by atoms with Crippen LogP contribution in [0.1, 0.15) is 41.8 Å². The van der Waals surface area contributed by atoms with Gasteiger partial charge in [-0.15, -0.1) is 11.3 Å². The summed E-state index contributed by atoms with van der Waals surface area (Å²) < 4.78 is 29.3. The van der Waals surface area contributed by atoms with Crippen LogP contribution in [0.25, 0.3) is 5.65 Å². The van der Waals surface area contributed by atoms with Crippen LogP contribution in [0, 0.1) is 6.92 Å². The van der Waals surface area contributed by atoms with Gasteiger partial charge in [-0.2, -0.15) is 9.40 Å². The minimum absolute atomic E-state index is 0.340. The van der Waals surface area contributed by atoms with Crippen LogP contribution in [0.15, 0.2) is 29.0 Å². The number of pyridine rings is 1. The Morgan fingerprint density at radius 3 is 2.69 bits per heavy atom. The number of fused-ring (bicyclic) bond motifs is 1. The lowest BCUT2D eigenvalue weighted by atomic mass is 9.87. The third-order valence-electron chi connectivity index (χ3n) is 5.01. The van der Waals surface area contributed by atoms with Crippen molar-refractivity contribution in [1.29, 1.82) is 0 Å². The molecule has 1 aliphatic rings. The van der Waals surface area contributed by atoms with Crippen LogP contribution in [0.3, 0.4) is 0 Å². The Kier molecular flexibility index (Phi) is 4.54. The van der Waals surface area contributed by atoms with Crippen molar-refractivity contribution in [3.63, 3.8) is 0 Å². The Bertz CT molecular complexity index is 1030. The molecule has 1 fully saturated rings. The SMILES string of the molecule is CCc1cc2ncnn2cc1C1CCN(S(=O)(=O)c2cnc(C)s2)CC1. The van der Waals surface area contributed by atoms with E-state index in [1.165, 1.54) is 28.7 Å². The van der Waals surface area contributed by atoms with Crippen molar-refractivity contribution in [2.24, 2.45) is 0 Å². The molecule has 0 unspecified atom stereocenters. The van der Waals surface area contributed by atoms with E-state index in [2.05, 4.69) is 34.3 Å². The summed E-state index contributed by atoms with van der Waals surface area (Å²) in [6.07, 6.45) is 7.63. The van der Waals surface area contributed by atoms with Gasteiger partial charge in [-0.05, 0) is 49.3 Å². The molecule has 0 spiro atoms. The van der Waals surface area contributed by atoms with Gasteiger partial charge in [-0.25, -0.2) is 22.9 Å². The molecule has 0 aromatic carbocycles. The van der Waals surface area contributed by atoms with Gasteiger partial charge in [-0.3, -0.25) is 0 Å². The van der Waals surface area contributed by atoms with Gasteiger partial charge in [0.25, 0.3) is 10.0 Å². The minimum Gasteiger partial charge on any atom is -0.249 e. The third-order valence-corrected chi connectivity index (χ3v) is 8.25. The summed E-state index contributed by atoms with van der Waals surface area (Å²) in [6, 6.07) is 2.09. The van der Waals surface area contributed by atoms with Gasteiger partial charge in [0.05, 0.1) is 11.2 Å². The zero-order valence-corrected chi connectivity index (χ0v) is 16.4. The molecule has 0 N–H and O–H groups in total. The summed E-state index contributed by atoms with van der Waals surface area (Å²) in [5, 5.41) is 5.01. The molecule has 0 bridgehead atoms. The molecule has 0 atom stereocenters. The zero-order valence-electron chi connectivity index (χ0n) is 14.8. The topological polar surface area (TPSA) is 80.5 Å². The van der Waals surface area contributed by atoms with Crippen LogP contribution in [0.4, 0.5) is 0 Å². The van der Waals surface area contributed by atoms with E-state index in [1.807, 2.05) is 6.92 Å². The Balaban J connectivity index is 1.55. The van der Waals surface area contributed by atoms with Crippen LogP contribution in [-0.4, -0.2) is 45.4 Å². The van der Waals surface area contributed by atoms with Gasteiger partial charge in [0.15, 0.2) is 9.86 Å². The maximum absolute atomic E-state index is 12.8. The molecule has 0 aliphatic carbocycles. The molecule has 7 nitrogen and oxygen atoms in total. The first-order chi connectivity index (χ1) is 12.5. The van der Waals surface area contributed by atoms with Crippen molar-refractivity contribution >= 4 is 27.0 Å². The Morgan fingerprint density at radius 2 is 2.04 bits per heavy atom. The lowest BCUT2D eigenvalue weighted by Gasteiger charge is -2.31. The second-order valence-corrected chi connectivity index (χ2v) is 9.95. The second-order valence-electron chi connectivity index (χ2n) is 6.55. The molecule has 26 heavy (non-hydrogen) atoms. The maximum atomic E-state index is 12.8. The molecule has 4 rings (SSSR count). The van der Waals surface area contributed by atoms with E-state index in [-0.39, 0.29) is 0 Å². The Hall–Kier alpha value is -1.84. The summed E-state index contributed by atoms with van der Waals surface area (Å²) in [7, 11) is -3.43. The Labute approximate surface area is 156 Å². The fraction of sp³-hybridized carbons (Fsp3) is 0.471. The first kappa shape index (κ1) is 17.6. The largest absolute Gasteiger partial charge is 0.254 e. The molecule has 3 aromatic rings. The highest BCUT2D eigenvalue weighted by Crippen LogP contribution is 2.33. The van der Waals surface area contributed by atoms with Gasteiger partial charge < -0.3 is 0 Å². The number of aryl methyl sites for hydroxylation is 2. The summed E-state index contributed by atoms with van der Waals surface area (Å²) in [6.45, 7) is 5.02. The summed E-state index contributed by atoms with van der Waals surface area (Å²) in [4.78, 5) is 8.34. The van der Waals surface area contributed by atoms with Crippen LogP contribution < -0.4 is 0 Å². The van der Waals surface area contributed by atoms with Gasteiger partial charge in [0, 0.05) is 19.3 Å². The predicted octanol–water partition coefficient (Wildman–Crippen LogP) is 2.62. The third kappa shape index (κ3) is 3.04. The van der Waals surface area contributed by atoms with Crippen LogP contribution in [-0.2, 0) is 16.4 Å². The molecule has 0 amide bonds. The van der Waals surface area contributed by atoms with E-state index in [1.54, 1.807) is 15.1 Å². The molecule has 1 aliphatic heterocycles. The van der Waals surface area contributed by atoms with Crippen LogP contribution >= 0.6 is 11.3 Å².